The lowest BCUT2D eigenvalue weighted by Crippen LogP contribution is -2.45. The quantitative estimate of drug-likeness (QED) is 0.486. The van der Waals surface area contributed by atoms with Crippen LogP contribution in [-0.2, 0) is 13.1 Å². The van der Waals surface area contributed by atoms with Gasteiger partial charge in [0.25, 0.3) is 0 Å². The Morgan fingerprint density at radius 3 is 2.50 bits per heavy atom. The first-order valence-corrected chi connectivity index (χ1v) is 12.8. The number of para-hydroxylation sites is 1. The summed E-state index contributed by atoms with van der Waals surface area (Å²) in [4.78, 5) is 18.0. The van der Waals surface area contributed by atoms with Crippen molar-refractivity contribution in [1.29, 1.82) is 0 Å². The summed E-state index contributed by atoms with van der Waals surface area (Å²) in [6.45, 7) is 6.90. The number of phenols is 1. The van der Waals surface area contributed by atoms with Gasteiger partial charge in [-0.25, -0.2) is 0 Å². The van der Waals surface area contributed by atoms with Crippen LogP contribution in [0.1, 0.15) is 32.6 Å². The number of ketones is 1. The molecule has 3 aliphatic heterocycles. The molecular formula is C30H30N2O6. The van der Waals surface area contributed by atoms with E-state index in [-0.39, 0.29) is 24.1 Å². The molecule has 1 fully saturated rings. The highest BCUT2D eigenvalue weighted by Gasteiger charge is 2.34. The van der Waals surface area contributed by atoms with Crippen molar-refractivity contribution < 1.29 is 28.8 Å². The number of ether oxygens (including phenoxy) is 4. The maximum atomic E-state index is 13.3. The Bertz CT molecular complexity index is 1420. The minimum atomic E-state index is -0.182. The molecule has 0 radical (unpaired) electrons. The second-order valence-corrected chi connectivity index (χ2v) is 9.82. The number of allylic oxidation sites excluding steroid dienone is 1. The van der Waals surface area contributed by atoms with Crippen molar-refractivity contribution in [2.45, 2.75) is 20.0 Å². The van der Waals surface area contributed by atoms with Gasteiger partial charge in [-0.15, -0.1) is 0 Å². The molecule has 196 valence electrons. The van der Waals surface area contributed by atoms with Gasteiger partial charge in [0.15, 0.2) is 17.3 Å². The molecule has 0 spiro atoms. The third kappa shape index (κ3) is 4.57. The first kappa shape index (κ1) is 24.3. The maximum Gasteiger partial charge on any atom is 0.232 e. The fraction of sp³-hybridized carbons (Fsp3) is 0.300. The van der Waals surface area contributed by atoms with E-state index >= 15 is 0 Å². The largest absolute Gasteiger partial charge is 0.507 e. The number of hydrogen-bond donors (Lipinski definition) is 1. The number of methoxy groups -OCH3 is 1. The van der Waals surface area contributed by atoms with Crippen molar-refractivity contribution in [3.05, 3.63) is 82.1 Å². The van der Waals surface area contributed by atoms with Crippen LogP contribution in [0, 0.1) is 6.92 Å². The van der Waals surface area contributed by atoms with E-state index in [1.54, 1.807) is 19.3 Å². The molecule has 3 heterocycles. The van der Waals surface area contributed by atoms with E-state index < -0.39 is 0 Å². The molecule has 8 heteroatoms. The number of carbonyl (C=O) groups excluding carboxylic acids is 1. The third-order valence-electron chi connectivity index (χ3n) is 7.34. The number of aryl methyl sites for hydroxylation is 1. The molecule has 0 atom stereocenters. The summed E-state index contributed by atoms with van der Waals surface area (Å²) < 4.78 is 22.5. The summed E-state index contributed by atoms with van der Waals surface area (Å²) >= 11 is 0. The van der Waals surface area contributed by atoms with Crippen LogP contribution >= 0.6 is 0 Å². The predicted octanol–water partition coefficient (Wildman–Crippen LogP) is 4.37. The molecule has 38 heavy (non-hydrogen) atoms. The van der Waals surface area contributed by atoms with Gasteiger partial charge in [-0.3, -0.25) is 14.6 Å². The number of Topliss-reactive ketones (excluding diaryl/α,β-unsaturated/α-hetero) is 1. The highest BCUT2D eigenvalue weighted by molar-refractivity contribution is 6.16. The average molecular weight is 515 g/mol. The zero-order chi connectivity index (χ0) is 26.2. The lowest BCUT2D eigenvalue weighted by Gasteiger charge is -2.35. The van der Waals surface area contributed by atoms with Crippen molar-refractivity contribution in [1.82, 2.24) is 9.80 Å². The molecule has 3 aliphatic rings. The van der Waals surface area contributed by atoms with Crippen molar-refractivity contribution in [3.63, 3.8) is 0 Å². The summed E-state index contributed by atoms with van der Waals surface area (Å²) in [5.41, 5.74) is 3.81. The zero-order valence-electron chi connectivity index (χ0n) is 21.5. The monoisotopic (exact) mass is 514 g/mol. The topological polar surface area (TPSA) is 80.7 Å². The van der Waals surface area contributed by atoms with Gasteiger partial charge in [-0.2, -0.15) is 0 Å². The van der Waals surface area contributed by atoms with Gasteiger partial charge in [0.2, 0.25) is 12.6 Å². The van der Waals surface area contributed by atoms with E-state index in [1.807, 2.05) is 43.3 Å². The van der Waals surface area contributed by atoms with Crippen molar-refractivity contribution in [2.75, 3.05) is 40.1 Å². The standard InChI is InChI=1S/C30H30N2O6/c1-19-13-23(33)22(30-28(19)29(34)27(38-30)15-21-5-3-4-6-24(21)35-2)17-32-11-9-31(10-12-32)16-20-7-8-25-26(14-20)37-18-36-25/h3-8,13-15,33H,9-12,16-18H2,1-2H3/b27-15-. The number of carbonyl (C=O) groups is 1. The van der Waals surface area contributed by atoms with E-state index in [0.717, 1.165) is 49.8 Å². The Balaban J connectivity index is 1.16. The zero-order valence-corrected chi connectivity index (χ0v) is 21.5. The van der Waals surface area contributed by atoms with Crippen LogP contribution < -0.4 is 18.9 Å². The molecule has 0 unspecified atom stereocenters. The number of rotatable bonds is 6. The lowest BCUT2D eigenvalue weighted by atomic mass is 9.99. The molecule has 0 aliphatic carbocycles. The Hall–Kier alpha value is -4.01. The molecule has 3 aromatic carbocycles. The number of fused-ring (bicyclic) bond motifs is 2. The highest BCUT2D eigenvalue weighted by Crippen LogP contribution is 2.43. The molecule has 0 saturated carbocycles. The van der Waals surface area contributed by atoms with Gasteiger partial charge < -0.3 is 24.1 Å². The summed E-state index contributed by atoms with van der Waals surface area (Å²) in [6, 6.07) is 15.2. The van der Waals surface area contributed by atoms with E-state index in [9.17, 15) is 9.90 Å². The number of phenolic OH excluding ortho intramolecular Hbond substituents is 1. The van der Waals surface area contributed by atoms with E-state index in [0.29, 0.717) is 34.7 Å². The Kier molecular flexibility index (Phi) is 6.43. The normalized spacial score (nSPS) is 18.1. The minimum Gasteiger partial charge on any atom is -0.507 e. The molecule has 8 nitrogen and oxygen atoms in total. The van der Waals surface area contributed by atoms with Crippen LogP contribution in [0.25, 0.3) is 6.08 Å². The van der Waals surface area contributed by atoms with E-state index in [2.05, 4.69) is 15.9 Å². The minimum absolute atomic E-state index is 0.149. The average Bonchev–Trinajstić information content (AvgIpc) is 3.52. The van der Waals surface area contributed by atoms with E-state index in [4.69, 9.17) is 18.9 Å². The van der Waals surface area contributed by atoms with Crippen LogP contribution in [0.2, 0.25) is 0 Å². The number of benzene rings is 3. The Morgan fingerprint density at radius 1 is 0.974 bits per heavy atom. The molecular weight excluding hydrogens is 484 g/mol. The SMILES string of the molecule is COc1ccccc1/C=C1\Oc2c(CN3CCN(Cc4ccc5c(c4)OCO5)CC3)c(O)cc(C)c2C1=O. The number of nitrogens with zero attached hydrogens (tertiary/aromatic N) is 2. The first-order valence-electron chi connectivity index (χ1n) is 12.8. The predicted molar refractivity (Wildman–Crippen MR) is 142 cm³/mol. The fourth-order valence-corrected chi connectivity index (χ4v) is 5.29. The summed E-state index contributed by atoms with van der Waals surface area (Å²) in [7, 11) is 1.60. The number of piperazine rings is 1. The molecule has 1 saturated heterocycles. The summed E-state index contributed by atoms with van der Waals surface area (Å²) in [6.07, 6.45) is 1.70. The smallest absolute Gasteiger partial charge is 0.232 e. The van der Waals surface area contributed by atoms with Gasteiger partial charge in [0.05, 0.1) is 18.2 Å². The van der Waals surface area contributed by atoms with Crippen LogP contribution in [0.3, 0.4) is 0 Å². The van der Waals surface area contributed by atoms with Crippen LogP contribution in [0.5, 0.6) is 28.7 Å². The van der Waals surface area contributed by atoms with Crippen LogP contribution in [-0.4, -0.2) is 60.8 Å². The second-order valence-electron chi connectivity index (χ2n) is 9.82. The van der Waals surface area contributed by atoms with Crippen molar-refractivity contribution in [3.8, 4) is 28.7 Å². The Morgan fingerprint density at radius 2 is 1.71 bits per heavy atom. The first-order chi connectivity index (χ1) is 18.5. The van der Waals surface area contributed by atoms with Crippen molar-refractivity contribution >= 4 is 11.9 Å². The van der Waals surface area contributed by atoms with Gasteiger partial charge in [-0.05, 0) is 48.4 Å². The van der Waals surface area contributed by atoms with Gasteiger partial charge in [-0.1, -0.05) is 24.3 Å². The third-order valence-corrected chi connectivity index (χ3v) is 7.34. The molecule has 0 aromatic heterocycles. The summed E-state index contributed by atoms with van der Waals surface area (Å²) in [5.74, 6) is 2.91. The van der Waals surface area contributed by atoms with Crippen LogP contribution in [0.15, 0.2) is 54.3 Å². The number of aromatic hydroxyl groups is 1. The highest BCUT2D eigenvalue weighted by atomic mass is 16.7. The summed E-state index contributed by atoms with van der Waals surface area (Å²) in [5, 5.41) is 10.9. The molecule has 0 bridgehead atoms. The van der Waals surface area contributed by atoms with Gasteiger partial charge >= 0.3 is 0 Å². The van der Waals surface area contributed by atoms with Crippen LogP contribution in [0.4, 0.5) is 0 Å². The molecule has 3 aromatic rings. The van der Waals surface area contributed by atoms with Gasteiger partial charge in [0, 0.05) is 44.8 Å². The Labute approximate surface area is 221 Å². The lowest BCUT2D eigenvalue weighted by molar-refractivity contribution is 0.101. The molecule has 6 rings (SSSR count). The second kappa shape index (κ2) is 10.0. The van der Waals surface area contributed by atoms with Crippen molar-refractivity contribution in [2.24, 2.45) is 0 Å². The fourth-order valence-electron chi connectivity index (χ4n) is 5.29. The van der Waals surface area contributed by atoms with Gasteiger partial charge in [0.1, 0.15) is 17.2 Å². The van der Waals surface area contributed by atoms with E-state index in [1.165, 1.54) is 5.56 Å². The number of hydrogen-bond acceptors (Lipinski definition) is 8. The molecule has 0 amide bonds. The molecule has 1 N–H and O–H groups in total. The maximum absolute atomic E-state index is 13.3.